The van der Waals surface area contributed by atoms with Gasteiger partial charge in [-0.05, 0) is 31.0 Å². The smallest absolute Gasteiger partial charge is 0.310 e. The highest BCUT2D eigenvalue weighted by atomic mass is 32.2. The summed E-state index contributed by atoms with van der Waals surface area (Å²) in [6, 6.07) is 3.27. The fourth-order valence-corrected chi connectivity index (χ4v) is 5.01. The zero-order valence-electron chi connectivity index (χ0n) is 14.0. The number of carbonyl (C=O) groups is 1. The van der Waals surface area contributed by atoms with Gasteiger partial charge < -0.3 is 4.90 Å². The minimum atomic E-state index is -4.53. The third-order valence-corrected chi connectivity index (χ3v) is 6.78. The third-order valence-electron chi connectivity index (χ3n) is 3.82. The van der Waals surface area contributed by atoms with Crippen molar-refractivity contribution in [3.8, 4) is 0 Å². The van der Waals surface area contributed by atoms with E-state index >= 15 is 0 Å². The molecule has 9 heteroatoms. The van der Waals surface area contributed by atoms with E-state index in [1.807, 2.05) is 6.92 Å². The largest absolute Gasteiger partial charge is 0.416 e. The molecule has 1 atom stereocenters. The van der Waals surface area contributed by atoms with E-state index in [2.05, 4.69) is 0 Å². The van der Waals surface area contributed by atoms with Crippen LogP contribution in [0.5, 0.6) is 0 Å². The second-order valence-corrected chi connectivity index (χ2v) is 9.70. The van der Waals surface area contributed by atoms with E-state index in [4.69, 9.17) is 0 Å². The van der Waals surface area contributed by atoms with Gasteiger partial charge >= 0.3 is 6.18 Å². The SMILES string of the molecule is CCCS(=O)(=O)CC(=O)N1CCC(C)Sc2ccc(C(F)(F)F)cc21. The van der Waals surface area contributed by atoms with Crippen molar-refractivity contribution in [2.45, 2.75) is 43.0 Å². The number of hydrogen-bond donors (Lipinski definition) is 0. The van der Waals surface area contributed by atoms with Crippen molar-refractivity contribution in [2.75, 3.05) is 23.0 Å². The lowest BCUT2D eigenvalue weighted by molar-refractivity contribution is -0.137. The van der Waals surface area contributed by atoms with Crippen molar-refractivity contribution in [1.29, 1.82) is 0 Å². The molecule has 0 saturated carbocycles. The van der Waals surface area contributed by atoms with Crippen LogP contribution in [0.3, 0.4) is 0 Å². The maximum absolute atomic E-state index is 13.0. The molecule has 1 aliphatic rings. The first-order valence-corrected chi connectivity index (χ1v) is 10.6. The van der Waals surface area contributed by atoms with Gasteiger partial charge in [0.15, 0.2) is 9.84 Å². The molecule has 4 nitrogen and oxygen atoms in total. The Balaban J connectivity index is 2.41. The first kappa shape index (κ1) is 20.1. The van der Waals surface area contributed by atoms with Gasteiger partial charge in [0.1, 0.15) is 5.75 Å². The number of alkyl halides is 3. The summed E-state index contributed by atoms with van der Waals surface area (Å²) >= 11 is 1.39. The van der Waals surface area contributed by atoms with E-state index in [9.17, 15) is 26.4 Å². The zero-order valence-corrected chi connectivity index (χ0v) is 15.6. The standard InChI is InChI=1S/C16H20F3NO3S2/c1-3-8-25(22,23)10-15(21)20-7-6-11(2)24-14-5-4-12(9-13(14)20)16(17,18)19/h4-5,9,11H,3,6-8,10H2,1-2H3. The van der Waals surface area contributed by atoms with Crippen LogP contribution < -0.4 is 4.90 Å². The van der Waals surface area contributed by atoms with Crippen LogP contribution in [0.1, 0.15) is 32.3 Å². The normalized spacial score (nSPS) is 18.6. The molecule has 1 amide bonds. The lowest BCUT2D eigenvalue weighted by Gasteiger charge is -2.23. The molecule has 0 N–H and O–H groups in total. The Morgan fingerprint density at radius 2 is 2.04 bits per heavy atom. The number of nitrogens with zero attached hydrogens (tertiary/aromatic N) is 1. The molecule has 0 radical (unpaired) electrons. The van der Waals surface area contributed by atoms with Crippen LogP contribution in [-0.4, -0.2) is 37.6 Å². The highest BCUT2D eigenvalue weighted by Gasteiger charge is 2.34. The number of benzene rings is 1. The molecule has 0 aliphatic carbocycles. The predicted octanol–water partition coefficient (Wildman–Crippen LogP) is 3.75. The summed E-state index contributed by atoms with van der Waals surface area (Å²) in [5.74, 6) is -1.48. The summed E-state index contributed by atoms with van der Waals surface area (Å²) in [4.78, 5) is 14.3. The van der Waals surface area contributed by atoms with Crippen molar-refractivity contribution in [3.63, 3.8) is 0 Å². The second kappa shape index (κ2) is 7.57. The number of halogens is 3. The van der Waals surface area contributed by atoms with Crippen LogP contribution >= 0.6 is 11.8 Å². The fraction of sp³-hybridized carbons (Fsp3) is 0.562. The van der Waals surface area contributed by atoms with Gasteiger partial charge in [0.2, 0.25) is 5.91 Å². The zero-order chi connectivity index (χ0) is 18.8. The fourth-order valence-electron chi connectivity index (χ4n) is 2.62. The van der Waals surface area contributed by atoms with Crippen LogP contribution in [0.2, 0.25) is 0 Å². The van der Waals surface area contributed by atoms with E-state index in [-0.39, 0.29) is 23.2 Å². The molecule has 1 heterocycles. The van der Waals surface area contributed by atoms with E-state index in [0.717, 1.165) is 12.1 Å². The summed E-state index contributed by atoms with van der Waals surface area (Å²) in [5, 5.41) is 0.112. The van der Waals surface area contributed by atoms with Gasteiger partial charge in [-0.2, -0.15) is 13.2 Å². The van der Waals surface area contributed by atoms with Crippen molar-refractivity contribution < 1.29 is 26.4 Å². The number of fused-ring (bicyclic) bond motifs is 1. The predicted molar refractivity (Wildman–Crippen MR) is 92.7 cm³/mol. The third kappa shape index (κ3) is 5.13. The molecule has 25 heavy (non-hydrogen) atoms. The van der Waals surface area contributed by atoms with E-state index in [1.165, 1.54) is 22.7 Å². The van der Waals surface area contributed by atoms with Crippen LogP contribution in [0.15, 0.2) is 23.1 Å². The summed E-state index contributed by atoms with van der Waals surface area (Å²) in [7, 11) is -3.57. The van der Waals surface area contributed by atoms with E-state index in [1.54, 1.807) is 6.92 Å². The van der Waals surface area contributed by atoms with Crippen LogP contribution in [0.4, 0.5) is 18.9 Å². The number of thioether (sulfide) groups is 1. The maximum atomic E-state index is 13.0. The number of carbonyl (C=O) groups excluding carboxylic acids is 1. The number of anilines is 1. The first-order valence-electron chi connectivity index (χ1n) is 7.92. The minimum Gasteiger partial charge on any atom is -0.310 e. The van der Waals surface area contributed by atoms with Gasteiger partial charge in [0.05, 0.1) is 17.0 Å². The molecule has 0 spiro atoms. The quantitative estimate of drug-likeness (QED) is 0.779. The summed E-state index contributed by atoms with van der Waals surface area (Å²) < 4.78 is 63.0. The molecular formula is C16H20F3NO3S2. The number of sulfone groups is 1. The molecule has 0 fully saturated rings. The maximum Gasteiger partial charge on any atom is 0.416 e. The molecule has 140 valence electrons. The van der Waals surface area contributed by atoms with Crippen molar-refractivity contribution >= 4 is 33.2 Å². The second-order valence-electron chi connectivity index (χ2n) is 6.03. The van der Waals surface area contributed by atoms with Gasteiger partial charge in [-0.1, -0.05) is 13.8 Å². The lowest BCUT2D eigenvalue weighted by Crippen LogP contribution is -2.37. The number of amides is 1. The Morgan fingerprint density at radius 1 is 1.36 bits per heavy atom. The molecule has 1 unspecified atom stereocenters. The first-order chi connectivity index (χ1) is 11.5. The average molecular weight is 395 g/mol. The average Bonchev–Trinajstić information content (AvgIpc) is 2.63. The van der Waals surface area contributed by atoms with Gasteiger partial charge in [-0.15, -0.1) is 11.8 Å². The highest BCUT2D eigenvalue weighted by molar-refractivity contribution is 8.00. The van der Waals surface area contributed by atoms with Gasteiger partial charge in [-0.25, -0.2) is 8.42 Å². The Labute approximate surface area is 149 Å². The summed E-state index contributed by atoms with van der Waals surface area (Å²) in [5.41, 5.74) is -0.712. The van der Waals surface area contributed by atoms with Gasteiger partial charge in [-0.3, -0.25) is 4.79 Å². The lowest BCUT2D eigenvalue weighted by atomic mass is 10.1. The Hall–Kier alpha value is -1.22. The summed E-state index contributed by atoms with van der Waals surface area (Å²) in [6.45, 7) is 3.81. The van der Waals surface area contributed by atoms with Gasteiger partial charge in [0.25, 0.3) is 0 Å². The molecule has 0 aromatic heterocycles. The van der Waals surface area contributed by atoms with E-state index < -0.39 is 33.2 Å². The number of hydrogen-bond acceptors (Lipinski definition) is 4. The molecule has 2 rings (SSSR count). The molecular weight excluding hydrogens is 375 g/mol. The van der Waals surface area contributed by atoms with Crippen LogP contribution in [0.25, 0.3) is 0 Å². The Kier molecular flexibility index (Phi) is 6.09. The minimum absolute atomic E-state index is 0.112. The van der Waals surface area contributed by atoms with E-state index in [0.29, 0.717) is 17.7 Å². The topological polar surface area (TPSA) is 54.5 Å². The van der Waals surface area contributed by atoms with Crippen molar-refractivity contribution in [1.82, 2.24) is 0 Å². The molecule has 0 bridgehead atoms. The molecule has 1 aromatic rings. The van der Waals surface area contributed by atoms with Crippen molar-refractivity contribution in [2.24, 2.45) is 0 Å². The summed E-state index contributed by atoms with van der Waals surface area (Å²) in [6.07, 6.45) is -3.57. The van der Waals surface area contributed by atoms with Gasteiger partial charge in [0, 0.05) is 16.7 Å². The Morgan fingerprint density at radius 3 is 2.64 bits per heavy atom. The van der Waals surface area contributed by atoms with Crippen LogP contribution in [-0.2, 0) is 20.8 Å². The molecule has 1 aliphatic heterocycles. The molecule has 1 aromatic carbocycles. The van der Waals surface area contributed by atoms with Crippen molar-refractivity contribution in [3.05, 3.63) is 23.8 Å². The molecule has 0 saturated heterocycles. The monoisotopic (exact) mass is 395 g/mol. The highest BCUT2D eigenvalue weighted by Crippen LogP contribution is 2.41. The number of rotatable bonds is 4. The van der Waals surface area contributed by atoms with Crippen LogP contribution in [0, 0.1) is 0 Å². The Bertz CT molecular complexity index is 747.